The summed E-state index contributed by atoms with van der Waals surface area (Å²) >= 11 is 0. The molecule has 0 aliphatic heterocycles. The summed E-state index contributed by atoms with van der Waals surface area (Å²) in [5, 5.41) is 2.93. The van der Waals surface area contributed by atoms with Gasteiger partial charge in [-0.05, 0) is 30.2 Å². The lowest BCUT2D eigenvalue weighted by Crippen LogP contribution is -2.27. The highest BCUT2D eigenvalue weighted by atomic mass is 16.1. The number of benzene rings is 1. The minimum absolute atomic E-state index is 0.0738. The molecule has 2 heterocycles. The molecule has 6 heteroatoms. The fraction of sp³-hybridized carbons (Fsp3) is 0.222. The number of nitrogens with zero attached hydrogens (tertiary/aromatic N) is 4. The van der Waals surface area contributed by atoms with Crippen molar-refractivity contribution in [1.82, 2.24) is 24.8 Å². The van der Waals surface area contributed by atoms with Gasteiger partial charge < -0.3 is 9.88 Å². The number of carbonyl (C=O) groups excluding carboxylic acids is 1. The highest BCUT2D eigenvalue weighted by Gasteiger charge is 2.09. The van der Waals surface area contributed by atoms with Crippen LogP contribution in [0.15, 0.2) is 55.1 Å². The summed E-state index contributed by atoms with van der Waals surface area (Å²) in [5.41, 5.74) is 1.89. The molecule has 0 fully saturated rings. The van der Waals surface area contributed by atoms with Gasteiger partial charge in [-0.3, -0.25) is 4.79 Å². The maximum Gasteiger partial charge on any atom is 0.251 e. The van der Waals surface area contributed by atoms with Gasteiger partial charge in [0.05, 0.1) is 0 Å². The van der Waals surface area contributed by atoms with E-state index in [1.807, 2.05) is 35.0 Å². The molecule has 0 saturated carbocycles. The molecule has 0 bridgehead atoms. The maximum atomic E-state index is 12.2. The highest BCUT2D eigenvalue weighted by Crippen LogP contribution is 2.10. The van der Waals surface area contributed by atoms with Gasteiger partial charge in [0.1, 0.15) is 0 Å². The average molecular weight is 321 g/mol. The largest absolute Gasteiger partial charge is 0.350 e. The second-order valence-corrected chi connectivity index (χ2v) is 5.32. The van der Waals surface area contributed by atoms with Crippen molar-refractivity contribution < 1.29 is 4.79 Å². The third kappa shape index (κ3) is 3.65. The number of amides is 1. The van der Waals surface area contributed by atoms with Crippen LogP contribution >= 0.6 is 0 Å². The Bertz CT molecular complexity index is 796. The standard InChI is InChI=1S/C18H19N5O/c1-2-14-4-6-15(7-5-14)18(24)22-11-13-23-12-10-21-17(23)16-19-8-3-9-20-16/h3-10,12H,2,11,13H2,1H3,(H,22,24). The van der Waals surface area contributed by atoms with Crippen LogP contribution in [-0.2, 0) is 13.0 Å². The zero-order valence-corrected chi connectivity index (χ0v) is 13.5. The molecule has 1 amide bonds. The first-order valence-corrected chi connectivity index (χ1v) is 7.93. The number of carbonyl (C=O) groups is 1. The average Bonchev–Trinajstić information content (AvgIpc) is 3.11. The first-order chi connectivity index (χ1) is 11.8. The zero-order chi connectivity index (χ0) is 16.8. The third-order valence-electron chi connectivity index (χ3n) is 3.74. The molecular weight excluding hydrogens is 302 g/mol. The lowest BCUT2D eigenvalue weighted by molar-refractivity contribution is 0.0952. The van der Waals surface area contributed by atoms with E-state index in [0.29, 0.717) is 30.3 Å². The molecular formula is C18H19N5O. The van der Waals surface area contributed by atoms with E-state index >= 15 is 0 Å². The van der Waals surface area contributed by atoms with Crippen molar-refractivity contribution in [2.24, 2.45) is 0 Å². The molecule has 1 aromatic carbocycles. The predicted molar refractivity (Wildman–Crippen MR) is 91.4 cm³/mol. The van der Waals surface area contributed by atoms with E-state index in [1.165, 1.54) is 5.56 Å². The summed E-state index contributed by atoms with van der Waals surface area (Å²) < 4.78 is 1.93. The van der Waals surface area contributed by atoms with Gasteiger partial charge in [-0.25, -0.2) is 15.0 Å². The van der Waals surface area contributed by atoms with Crippen LogP contribution in [0.1, 0.15) is 22.8 Å². The minimum Gasteiger partial charge on any atom is -0.350 e. The topological polar surface area (TPSA) is 72.7 Å². The Labute approximate surface area is 140 Å². The second-order valence-electron chi connectivity index (χ2n) is 5.32. The number of aromatic nitrogens is 4. The Hall–Kier alpha value is -3.02. The summed E-state index contributed by atoms with van der Waals surface area (Å²) in [6.07, 6.45) is 7.89. The molecule has 3 rings (SSSR count). The molecule has 0 aliphatic carbocycles. The van der Waals surface area contributed by atoms with Crippen LogP contribution in [-0.4, -0.2) is 32.0 Å². The van der Waals surface area contributed by atoms with Gasteiger partial charge >= 0.3 is 0 Å². The van der Waals surface area contributed by atoms with Crippen LogP contribution in [0.4, 0.5) is 0 Å². The third-order valence-corrected chi connectivity index (χ3v) is 3.74. The first-order valence-electron chi connectivity index (χ1n) is 7.93. The van der Waals surface area contributed by atoms with Crippen molar-refractivity contribution in [3.8, 4) is 11.6 Å². The first kappa shape index (κ1) is 15.9. The second kappa shape index (κ2) is 7.50. The van der Waals surface area contributed by atoms with Crippen LogP contribution in [0, 0.1) is 0 Å². The van der Waals surface area contributed by atoms with Gasteiger partial charge in [-0.2, -0.15) is 0 Å². The number of hydrogen-bond donors (Lipinski definition) is 1. The van der Waals surface area contributed by atoms with Gasteiger partial charge in [-0.15, -0.1) is 0 Å². The van der Waals surface area contributed by atoms with Gasteiger partial charge in [0.25, 0.3) is 5.91 Å². The number of imidazole rings is 1. The van der Waals surface area contributed by atoms with Crippen molar-refractivity contribution in [3.63, 3.8) is 0 Å². The predicted octanol–water partition coefficient (Wildman–Crippen LogP) is 2.33. The van der Waals surface area contributed by atoms with Crippen molar-refractivity contribution in [2.45, 2.75) is 19.9 Å². The van der Waals surface area contributed by atoms with E-state index in [0.717, 1.165) is 6.42 Å². The fourth-order valence-electron chi connectivity index (χ4n) is 2.39. The Kier molecular flexibility index (Phi) is 4.96. The monoisotopic (exact) mass is 321 g/mol. The molecule has 3 aromatic rings. The summed E-state index contributed by atoms with van der Waals surface area (Å²) in [6, 6.07) is 9.44. The number of nitrogens with one attached hydrogen (secondary N) is 1. The Morgan fingerprint density at radius 3 is 2.54 bits per heavy atom. The summed E-state index contributed by atoms with van der Waals surface area (Å²) in [7, 11) is 0. The van der Waals surface area contributed by atoms with Gasteiger partial charge in [0.15, 0.2) is 11.6 Å². The smallest absolute Gasteiger partial charge is 0.251 e. The lowest BCUT2D eigenvalue weighted by atomic mass is 10.1. The van der Waals surface area contributed by atoms with Crippen molar-refractivity contribution >= 4 is 5.91 Å². The molecule has 0 atom stereocenters. The summed E-state index contributed by atoms with van der Waals surface area (Å²) in [5.74, 6) is 1.19. The number of aryl methyl sites for hydroxylation is 1. The molecule has 0 unspecified atom stereocenters. The summed E-state index contributed by atoms with van der Waals surface area (Å²) in [6.45, 7) is 3.20. The zero-order valence-electron chi connectivity index (χ0n) is 13.5. The molecule has 0 saturated heterocycles. The molecule has 6 nitrogen and oxygen atoms in total. The van der Waals surface area contributed by atoms with Crippen LogP contribution in [0.3, 0.4) is 0 Å². The fourth-order valence-corrected chi connectivity index (χ4v) is 2.39. The van der Waals surface area contributed by atoms with Gasteiger partial charge in [-0.1, -0.05) is 19.1 Å². The molecule has 0 spiro atoms. The Morgan fingerprint density at radius 1 is 1.08 bits per heavy atom. The molecule has 1 N–H and O–H groups in total. The van der Waals surface area contributed by atoms with Gasteiger partial charge in [0.2, 0.25) is 0 Å². The highest BCUT2D eigenvalue weighted by molar-refractivity contribution is 5.94. The molecule has 0 radical (unpaired) electrons. The Balaban J connectivity index is 1.59. The number of rotatable bonds is 6. The maximum absolute atomic E-state index is 12.2. The Morgan fingerprint density at radius 2 is 1.83 bits per heavy atom. The van der Waals surface area contributed by atoms with Crippen LogP contribution in [0.5, 0.6) is 0 Å². The van der Waals surface area contributed by atoms with E-state index in [4.69, 9.17) is 0 Å². The molecule has 24 heavy (non-hydrogen) atoms. The van der Waals surface area contributed by atoms with Crippen molar-refractivity contribution in [3.05, 3.63) is 66.2 Å². The van der Waals surface area contributed by atoms with Crippen molar-refractivity contribution in [2.75, 3.05) is 6.54 Å². The van der Waals surface area contributed by atoms with E-state index in [2.05, 4.69) is 27.2 Å². The van der Waals surface area contributed by atoms with Crippen LogP contribution in [0.25, 0.3) is 11.6 Å². The normalized spacial score (nSPS) is 10.5. The minimum atomic E-state index is -0.0738. The SMILES string of the molecule is CCc1ccc(C(=O)NCCn2ccnc2-c2ncccn2)cc1. The van der Waals surface area contributed by atoms with E-state index in [1.54, 1.807) is 24.7 Å². The molecule has 2 aromatic heterocycles. The lowest BCUT2D eigenvalue weighted by Gasteiger charge is -2.09. The van der Waals surface area contributed by atoms with E-state index < -0.39 is 0 Å². The van der Waals surface area contributed by atoms with Crippen LogP contribution < -0.4 is 5.32 Å². The van der Waals surface area contributed by atoms with Crippen molar-refractivity contribution in [1.29, 1.82) is 0 Å². The summed E-state index contributed by atoms with van der Waals surface area (Å²) in [4.78, 5) is 24.9. The quantitative estimate of drug-likeness (QED) is 0.756. The van der Waals surface area contributed by atoms with Gasteiger partial charge in [0, 0.05) is 43.4 Å². The molecule has 0 aliphatic rings. The van der Waals surface area contributed by atoms with E-state index in [-0.39, 0.29) is 5.91 Å². The number of hydrogen-bond acceptors (Lipinski definition) is 4. The van der Waals surface area contributed by atoms with E-state index in [9.17, 15) is 4.79 Å². The van der Waals surface area contributed by atoms with Crippen LogP contribution in [0.2, 0.25) is 0 Å². The molecule has 122 valence electrons.